The molecule has 0 aromatic heterocycles. The Hall–Kier alpha value is -2.74. The molecule has 60 heteroatoms. The van der Waals surface area contributed by atoms with E-state index in [1.807, 2.05) is 0 Å². The normalized spacial score (nSPS) is 38.9. The molecule has 0 aromatic rings. The van der Waals surface area contributed by atoms with E-state index in [9.17, 15) is 155 Å². The Morgan fingerprint density at radius 2 is 0.722 bits per heavy atom. The lowest BCUT2D eigenvalue weighted by molar-refractivity contribution is -0.372. The van der Waals surface area contributed by atoms with Gasteiger partial charge in [-0.2, -0.15) is 81.5 Å². The highest BCUT2D eigenvalue weighted by atomic mass is 32.3. The summed E-state index contributed by atoms with van der Waals surface area (Å²) in [5, 5.41) is 96.9. The fourth-order valence-electron chi connectivity index (χ4n) is 8.89. The quantitative estimate of drug-likeness (QED) is 0.0309. The summed E-state index contributed by atoms with van der Waals surface area (Å²) in [6, 6.07) is -8.60. The van der Waals surface area contributed by atoms with Crippen LogP contribution in [0.2, 0.25) is 0 Å². The molecule has 90 heavy (non-hydrogen) atoms. The summed E-state index contributed by atoms with van der Waals surface area (Å²) >= 11 is 0. The van der Waals surface area contributed by atoms with E-state index in [2.05, 4.69) is 20.9 Å². The Morgan fingerprint density at radius 1 is 0.356 bits per heavy atom. The summed E-state index contributed by atoms with van der Waals surface area (Å²) in [6.45, 7) is -5.09. The Morgan fingerprint density at radius 3 is 1.17 bits per heavy atom. The van der Waals surface area contributed by atoms with Crippen LogP contribution >= 0.6 is 0 Å². The molecule has 0 radical (unpaired) electrons. The summed E-state index contributed by atoms with van der Waals surface area (Å²) in [5.74, 6) is -4.96. The lowest BCUT2D eigenvalue weighted by Gasteiger charge is -2.50. The number of nitrogens with one attached hydrogen (secondary N) is 3. The van der Waals surface area contributed by atoms with Crippen LogP contribution in [0.4, 0.5) is 0 Å². The molecule has 5 heterocycles. The SMILES string of the molecule is O=C(O)[C@H]1O[C@@H](O[C@H]2[C@H](OS(=O)(=O)O)[C@@H](NS(=O)(=O)O)[C@@H](O[C@H]3[C@H](O)[C@@H](OS(=O)(=O)O)[C@H](O[C@H]4[C@H](OS(=O)(=O)O)[C@@H](NS(=O)(=O)O)[C@@H](O)O[C@@H]4CO)O[C@H]3C(=O)O)O[C@@H]2COS(=O)(=O)O)[C@H](O)[C@@H](O)[C@@H]1O[C@H]1O[C@H](COS(=O)(=O)O)[C@@H](O)[C@H](O)[C@H]1NS(=O)(=O)O. The topological polar surface area (TPSA) is 816 Å². The molecule has 5 saturated heterocycles. The van der Waals surface area contributed by atoms with Crippen molar-refractivity contribution >= 4 is 94.8 Å². The average Bonchev–Trinajstić information content (AvgIpc) is 0.771. The first-order valence-corrected chi connectivity index (χ1v) is 34.3. The minimum Gasteiger partial charge on any atom is -0.479 e. The molecular formula is C30H51N3O49S8. The summed E-state index contributed by atoms with van der Waals surface area (Å²) in [7, 11) is -47.3. The molecule has 0 unspecified atom stereocenters. The number of ether oxygens (including phenoxy) is 9. The van der Waals surface area contributed by atoms with Crippen molar-refractivity contribution in [1.82, 2.24) is 14.2 Å². The largest absolute Gasteiger partial charge is 0.479 e. The Labute approximate surface area is 502 Å². The minimum atomic E-state index is -6.37. The van der Waals surface area contributed by atoms with Gasteiger partial charge in [-0.05, 0) is 0 Å². The van der Waals surface area contributed by atoms with Gasteiger partial charge in [-0.1, -0.05) is 0 Å². The van der Waals surface area contributed by atoms with E-state index in [4.69, 9.17) is 47.2 Å². The smallest absolute Gasteiger partial charge is 0.397 e. The van der Waals surface area contributed by atoms with Crippen molar-refractivity contribution in [2.24, 2.45) is 0 Å². The summed E-state index contributed by atoms with van der Waals surface area (Å²) in [6.07, 6.45) is -65.0. The molecular weight excluding hydrogens is 1440 g/mol. The van der Waals surface area contributed by atoms with Crippen LogP contribution in [-0.4, -0.2) is 335 Å². The third kappa shape index (κ3) is 22.2. The van der Waals surface area contributed by atoms with Crippen molar-refractivity contribution in [2.45, 2.75) is 153 Å². The van der Waals surface area contributed by atoms with Gasteiger partial charge in [0.25, 0.3) is 0 Å². The van der Waals surface area contributed by atoms with Crippen LogP contribution in [0.15, 0.2) is 0 Å². The van der Waals surface area contributed by atoms with Gasteiger partial charge in [0.2, 0.25) is 0 Å². The van der Waals surface area contributed by atoms with Crippen molar-refractivity contribution in [1.29, 1.82) is 0 Å². The highest BCUT2D eigenvalue weighted by Gasteiger charge is 2.61. The van der Waals surface area contributed by atoms with Crippen LogP contribution in [-0.2, 0) is 156 Å². The Kier molecular flexibility index (Phi) is 25.4. The third-order valence-electron chi connectivity index (χ3n) is 12.2. The zero-order valence-corrected chi connectivity index (χ0v) is 49.5. The lowest BCUT2D eigenvalue weighted by atomic mass is 9.94. The molecule has 5 aliphatic heterocycles. The van der Waals surface area contributed by atoms with Crippen molar-refractivity contribution in [3.05, 3.63) is 0 Å². The first-order valence-electron chi connectivity index (χ1n) is 23.2. The van der Waals surface area contributed by atoms with Crippen LogP contribution in [0.1, 0.15) is 0 Å². The van der Waals surface area contributed by atoms with Crippen LogP contribution in [0.5, 0.6) is 0 Å². The first-order chi connectivity index (χ1) is 40.7. The van der Waals surface area contributed by atoms with Crippen molar-refractivity contribution in [3.8, 4) is 0 Å². The maximum Gasteiger partial charge on any atom is 0.397 e. The first kappa shape index (κ1) is 78.0. The van der Waals surface area contributed by atoms with Crippen molar-refractivity contribution in [3.63, 3.8) is 0 Å². The highest BCUT2D eigenvalue weighted by Crippen LogP contribution is 2.39. The fourth-order valence-corrected chi connectivity index (χ4v) is 12.8. The predicted octanol–water partition coefficient (Wildman–Crippen LogP) is -14.4. The zero-order valence-electron chi connectivity index (χ0n) is 43.0. The zero-order chi connectivity index (χ0) is 68.7. The van der Waals surface area contributed by atoms with Gasteiger partial charge in [0.1, 0.15) is 104 Å². The molecule has 0 amide bonds. The molecule has 5 aliphatic rings. The monoisotopic (exact) mass is 1490 g/mol. The van der Waals surface area contributed by atoms with Gasteiger partial charge in [-0.15, -0.1) is 0 Å². The second kappa shape index (κ2) is 29.3. The number of carboxylic acid groups (broad SMARTS) is 2. The number of hydrogen-bond donors (Lipinski definition) is 20. The summed E-state index contributed by atoms with van der Waals surface area (Å²) in [5.41, 5.74) is 0. The van der Waals surface area contributed by atoms with Gasteiger partial charge >= 0.3 is 94.8 Å². The van der Waals surface area contributed by atoms with Gasteiger partial charge in [-0.25, -0.2) is 30.5 Å². The van der Waals surface area contributed by atoms with Gasteiger partial charge in [-0.3, -0.25) is 36.4 Å². The van der Waals surface area contributed by atoms with E-state index in [0.29, 0.717) is 0 Å². The van der Waals surface area contributed by atoms with Crippen LogP contribution in [0.25, 0.3) is 0 Å². The van der Waals surface area contributed by atoms with Gasteiger partial charge in [0.15, 0.2) is 49.8 Å². The average molecular weight is 1490 g/mol. The standard InChI is InChI=1S/C30H51N3O49S8/c34-1-4-15(17(80-88(60,61)62)8(26(44)71-4)32-84(48,49)50)75-30-21(82-90(66,67)68)14(39)20(23(79-30)25(42)43)77-28-9(33-85(51,52)53)18(81-89(63,64)65)16(6(73-28)3-70-87(57,58)59)74-29-13(38)12(37)19(22(78-29)24(40)41)76-27-7(31-83(45,46)47)11(36)10(35)5(72-27)2-69-86(54,55)56/h4-23,26-39,44H,1-3H2,(H,40,41)(H,42,43)(H,45,46,47)(H,48,49,50)(H,51,52,53)(H,54,55,56)(H,57,58,59)(H,60,61,62)(H,63,64,65)(H,66,67,68)/t4-,5-,6-,7-,8-,9-,10-,11-,12-,13-,14+,15-,16-,17-,18-,19+,20+,21-,22+,23-,26+,27-,28-,29-,30-/m1/s1. The molecule has 25 atom stereocenters. The Bertz CT molecular complexity index is 3470. The third-order valence-corrected chi connectivity index (χ3v) is 16.2. The molecule has 5 fully saturated rings. The van der Waals surface area contributed by atoms with E-state index < -0.39 is 268 Å². The second-order valence-electron chi connectivity index (χ2n) is 18.5. The number of carbonyl (C=O) groups is 2. The van der Waals surface area contributed by atoms with E-state index in [0.717, 1.165) is 9.44 Å². The molecule has 0 bridgehead atoms. The number of rotatable bonds is 29. The Balaban J connectivity index is 1.60. The number of aliphatic carboxylic acids is 2. The van der Waals surface area contributed by atoms with Gasteiger partial charge in [0.05, 0.1) is 19.8 Å². The molecule has 20 N–H and O–H groups in total. The second-order valence-corrected chi connectivity index (χ2v) is 27.3. The highest BCUT2D eigenvalue weighted by molar-refractivity contribution is 7.84. The van der Waals surface area contributed by atoms with E-state index in [1.165, 1.54) is 4.72 Å². The number of aliphatic hydroxyl groups is 7. The van der Waals surface area contributed by atoms with E-state index in [1.54, 1.807) is 0 Å². The maximum atomic E-state index is 13.0. The van der Waals surface area contributed by atoms with Crippen LogP contribution in [0, 0.1) is 0 Å². The number of carboxylic acids is 2. The maximum absolute atomic E-state index is 13.0. The van der Waals surface area contributed by atoms with E-state index >= 15 is 0 Å². The predicted molar refractivity (Wildman–Crippen MR) is 257 cm³/mol. The number of hydrogen-bond acceptors (Lipinski definition) is 39. The van der Waals surface area contributed by atoms with Crippen molar-refractivity contribution in [2.75, 3.05) is 19.8 Å². The molecule has 0 saturated carbocycles. The minimum absolute atomic E-state index is 1.08. The van der Waals surface area contributed by atoms with Crippen LogP contribution < -0.4 is 14.2 Å². The van der Waals surface area contributed by atoms with Gasteiger partial charge in [0, 0.05) is 0 Å². The summed E-state index contributed by atoms with van der Waals surface area (Å²) < 4.78 is 341. The van der Waals surface area contributed by atoms with E-state index in [-0.39, 0.29) is 0 Å². The van der Waals surface area contributed by atoms with Crippen molar-refractivity contribution < 1.29 is 223 Å². The fraction of sp³-hybridized carbons (Fsp3) is 0.933. The molecule has 528 valence electrons. The lowest BCUT2D eigenvalue weighted by Crippen LogP contribution is -2.71. The molecule has 0 aromatic carbocycles. The summed E-state index contributed by atoms with van der Waals surface area (Å²) in [4.78, 5) is 25.7. The molecule has 0 spiro atoms. The molecule has 0 aliphatic carbocycles. The molecule has 52 nitrogen and oxygen atoms in total. The van der Waals surface area contributed by atoms with Gasteiger partial charge < -0.3 is 88.6 Å². The molecule has 5 rings (SSSR count). The van der Waals surface area contributed by atoms with Crippen LogP contribution in [0.3, 0.4) is 0 Å². The number of aliphatic hydroxyl groups excluding tert-OH is 7.